The number of nitrogens with zero attached hydrogens (tertiary/aromatic N) is 1. The molecule has 0 radical (unpaired) electrons. The smallest absolute Gasteiger partial charge is 0.0848 e. The number of anilines is 1. The summed E-state index contributed by atoms with van der Waals surface area (Å²) in [5.74, 6) is 0. The van der Waals surface area contributed by atoms with Crippen molar-refractivity contribution in [2.75, 3.05) is 11.9 Å². The maximum Gasteiger partial charge on any atom is 0.0848 e. The van der Waals surface area contributed by atoms with E-state index in [-0.39, 0.29) is 0 Å². The van der Waals surface area contributed by atoms with E-state index in [0.717, 1.165) is 5.70 Å². The Bertz CT molecular complexity index is 540. The average Bonchev–Trinajstić information content (AvgIpc) is 2.50. The van der Waals surface area contributed by atoms with Crippen LogP contribution in [0.2, 0.25) is 0 Å². The van der Waals surface area contributed by atoms with Crippen LogP contribution in [0.4, 0.5) is 5.69 Å². The predicted molar refractivity (Wildman–Crippen MR) is 63.6 cm³/mol. The molecule has 0 atom stereocenters. The van der Waals surface area contributed by atoms with Gasteiger partial charge in [0.25, 0.3) is 0 Å². The molecule has 1 aliphatic heterocycles. The van der Waals surface area contributed by atoms with Crippen LogP contribution in [-0.2, 0) is 0 Å². The minimum absolute atomic E-state index is 1.12. The Morgan fingerprint density at radius 3 is 2.80 bits per heavy atom. The standard InChI is InChI=1S/C14H11N/c1-15-12-7-3-2-6-11(10-12)13-8-4-5-9-14(13)15/h2-9H,1H3. The zero-order valence-corrected chi connectivity index (χ0v) is 8.57. The number of rotatable bonds is 0. The number of hydrogen-bond donors (Lipinski definition) is 0. The molecule has 0 saturated heterocycles. The topological polar surface area (TPSA) is 3.24 Å². The molecule has 3 rings (SSSR count). The maximum atomic E-state index is 3.41. The van der Waals surface area contributed by atoms with E-state index in [9.17, 15) is 0 Å². The summed E-state index contributed by atoms with van der Waals surface area (Å²) < 4.78 is 0. The van der Waals surface area contributed by atoms with E-state index < -0.39 is 0 Å². The molecule has 1 aromatic rings. The second-order valence-electron chi connectivity index (χ2n) is 3.72. The van der Waals surface area contributed by atoms with Crippen LogP contribution in [0.5, 0.6) is 0 Å². The first-order valence-corrected chi connectivity index (χ1v) is 5.05. The minimum atomic E-state index is 1.12. The Morgan fingerprint density at radius 2 is 1.87 bits per heavy atom. The molecule has 2 bridgehead atoms. The van der Waals surface area contributed by atoms with Crippen molar-refractivity contribution in [3.63, 3.8) is 0 Å². The quantitative estimate of drug-likeness (QED) is 0.572. The van der Waals surface area contributed by atoms with Gasteiger partial charge in [0.1, 0.15) is 0 Å². The van der Waals surface area contributed by atoms with E-state index in [2.05, 4.69) is 66.2 Å². The lowest BCUT2D eigenvalue weighted by Crippen LogP contribution is -2.17. The molecule has 0 amide bonds. The monoisotopic (exact) mass is 193 g/mol. The van der Waals surface area contributed by atoms with Crippen LogP contribution < -0.4 is 4.90 Å². The van der Waals surface area contributed by atoms with Crippen molar-refractivity contribution < 1.29 is 0 Å². The van der Waals surface area contributed by atoms with E-state index >= 15 is 0 Å². The van der Waals surface area contributed by atoms with Crippen LogP contribution in [0, 0.1) is 0 Å². The molecular formula is C14H11N. The lowest BCUT2D eigenvalue weighted by Gasteiger charge is -2.25. The molecule has 1 heterocycles. The summed E-state index contributed by atoms with van der Waals surface area (Å²) in [4.78, 5) is 2.17. The Morgan fingerprint density at radius 1 is 1.07 bits per heavy atom. The first-order chi connectivity index (χ1) is 7.36. The first-order valence-electron chi connectivity index (χ1n) is 5.05. The van der Waals surface area contributed by atoms with Crippen molar-refractivity contribution in [2.24, 2.45) is 0 Å². The largest absolute Gasteiger partial charge is 0.338 e. The number of fused-ring (bicyclic) bond motifs is 2. The van der Waals surface area contributed by atoms with Crippen molar-refractivity contribution in [3.8, 4) is 0 Å². The molecule has 0 N–H and O–H groups in total. The molecular weight excluding hydrogens is 182 g/mol. The number of para-hydroxylation sites is 1. The second-order valence-corrected chi connectivity index (χ2v) is 3.72. The van der Waals surface area contributed by atoms with Crippen molar-refractivity contribution >= 4 is 11.3 Å². The molecule has 72 valence electrons. The van der Waals surface area contributed by atoms with Crippen LogP contribution in [0.25, 0.3) is 5.57 Å². The van der Waals surface area contributed by atoms with E-state index in [1.807, 2.05) is 0 Å². The fourth-order valence-electron chi connectivity index (χ4n) is 2.00. The lowest BCUT2D eigenvalue weighted by atomic mass is 10.0. The molecule has 15 heavy (non-hydrogen) atoms. The second kappa shape index (κ2) is 3.01. The van der Waals surface area contributed by atoms with Crippen LogP contribution >= 0.6 is 0 Å². The van der Waals surface area contributed by atoms with Crippen molar-refractivity contribution in [3.05, 3.63) is 65.6 Å². The zero-order chi connectivity index (χ0) is 10.3. The Hall–Kier alpha value is -1.98. The van der Waals surface area contributed by atoms with Gasteiger partial charge in [-0.15, -0.1) is 0 Å². The highest BCUT2D eigenvalue weighted by Crippen LogP contribution is 2.33. The van der Waals surface area contributed by atoms with Crippen molar-refractivity contribution in [2.45, 2.75) is 0 Å². The summed E-state index contributed by atoms with van der Waals surface area (Å²) in [6.45, 7) is 0. The minimum Gasteiger partial charge on any atom is -0.338 e. The highest BCUT2D eigenvalue weighted by Gasteiger charge is 2.16. The van der Waals surface area contributed by atoms with E-state index in [4.69, 9.17) is 0 Å². The van der Waals surface area contributed by atoms with Gasteiger partial charge < -0.3 is 4.90 Å². The molecule has 0 aromatic heterocycles. The van der Waals surface area contributed by atoms with Crippen molar-refractivity contribution in [1.29, 1.82) is 0 Å². The van der Waals surface area contributed by atoms with Crippen LogP contribution in [-0.4, -0.2) is 7.05 Å². The highest BCUT2D eigenvalue weighted by molar-refractivity contribution is 5.87. The van der Waals surface area contributed by atoms with E-state index in [1.165, 1.54) is 16.8 Å². The zero-order valence-electron chi connectivity index (χ0n) is 8.57. The maximum absolute atomic E-state index is 3.41. The predicted octanol–water partition coefficient (Wildman–Crippen LogP) is 3.13. The van der Waals surface area contributed by atoms with E-state index in [1.54, 1.807) is 0 Å². The van der Waals surface area contributed by atoms with Gasteiger partial charge in [0.05, 0.1) is 5.70 Å². The SMILES string of the molecule is CN1C2=C=C(C=CC=C2)c2ccccc21. The normalized spacial score (nSPS) is 16.7. The van der Waals surface area contributed by atoms with Gasteiger partial charge in [-0.25, -0.2) is 0 Å². The number of likely N-dealkylation sites (N-methyl/N-ethyl adjacent to an activating group) is 1. The Labute approximate surface area is 89.3 Å². The third-order valence-electron chi connectivity index (χ3n) is 2.81. The molecule has 1 aliphatic carbocycles. The summed E-state index contributed by atoms with van der Waals surface area (Å²) in [5.41, 5.74) is 8.20. The molecule has 2 aliphatic rings. The lowest BCUT2D eigenvalue weighted by molar-refractivity contribution is 1.13. The Balaban J connectivity index is 2.34. The molecule has 1 heteroatoms. The number of hydrogen-bond acceptors (Lipinski definition) is 1. The summed E-state index contributed by atoms with van der Waals surface area (Å²) in [6.07, 6.45) is 8.30. The molecule has 0 fully saturated rings. The van der Waals surface area contributed by atoms with Crippen LogP contribution in [0.3, 0.4) is 0 Å². The first kappa shape index (κ1) is 8.34. The highest BCUT2D eigenvalue weighted by atomic mass is 15.1. The van der Waals surface area contributed by atoms with Gasteiger partial charge in [-0.05, 0) is 18.2 Å². The fraction of sp³-hybridized carbons (Fsp3) is 0.0714. The summed E-state index contributed by atoms with van der Waals surface area (Å²) in [5, 5.41) is 0. The third kappa shape index (κ3) is 1.18. The number of benzene rings is 1. The molecule has 0 unspecified atom stereocenters. The molecule has 1 nitrogen and oxygen atoms in total. The van der Waals surface area contributed by atoms with Gasteiger partial charge in [-0.3, -0.25) is 0 Å². The molecule has 0 saturated carbocycles. The summed E-state index contributed by atoms with van der Waals surface area (Å²) in [7, 11) is 2.08. The van der Waals surface area contributed by atoms with Gasteiger partial charge in [-0.1, -0.05) is 36.1 Å². The van der Waals surface area contributed by atoms with Gasteiger partial charge in [0.2, 0.25) is 0 Å². The third-order valence-corrected chi connectivity index (χ3v) is 2.81. The Kier molecular flexibility index (Phi) is 1.67. The van der Waals surface area contributed by atoms with Crippen LogP contribution in [0.1, 0.15) is 5.56 Å². The van der Waals surface area contributed by atoms with Gasteiger partial charge in [-0.2, -0.15) is 0 Å². The molecule has 1 aromatic carbocycles. The van der Waals surface area contributed by atoms with Crippen LogP contribution in [0.15, 0.2) is 60.0 Å². The van der Waals surface area contributed by atoms with Gasteiger partial charge in [0.15, 0.2) is 0 Å². The summed E-state index contributed by atoms with van der Waals surface area (Å²) >= 11 is 0. The fourth-order valence-corrected chi connectivity index (χ4v) is 2.00. The van der Waals surface area contributed by atoms with Gasteiger partial charge in [0, 0.05) is 23.9 Å². The van der Waals surface area contributed by atoms with E-state index in [0.29, 0.717) is 0 Å². The molecule has 0 spiro atoms. The van der Waals surface area contributed by atoms with Crippen molar-refractivity contribution in [1.82, 2.24) is 0 Å². The summed E-state index contributed by atoms with van der Waals surface area (Å²) in [6, 6.07) is 8.42. The number of allylic oxidation sites excluding steroid dienone is 4. The van der Waals surface area contributed by atoms with Gasteiger partial charge >= 0.3 is 0 Å². The average molecular weight is 193 g/mol.